The largest absolute Gasteiger partial charge is 0.490 e. The lowest BCUT2D eigenvalue weighted by atomic mass is 9.85. The fourth-order valence-electron chi connectivity index (χ4n) is 5.45. The molecule has 2 amide bonds. The van der Waals surface area contributed by atoms with Gasteiger partial charge in [0, 0.05) is 36.6 Å². The van der Waals surface area contributed by atoms with Gasteiger partial charge in [0.2, 0.25) is 5.91 Å². The van der Waals surface area contributed by atoms with Crippen molar-refractivity contribution in [2.75, 3.05) is 13.1 Å². The van der Waals surface area contributed by atoms with Crippen LogP contribution < -0.4 is 10.1 Å². The maximum Gasteiger partial charge on any atom is 0.410 e. The standard InChI is InChI=1S/C28H38FN3O4/c1-17-14-21(35-25-8-11-30-24-7-6-19(29)15-23(24)25)16-22(17)18(2)26(33)31-20-9-12-32(13-10-20)27(34)36-28(3,4)5/h6-8,11,15,17-18,20-22H,9-10,12-14,16H2,1-5H3,(H,31,33). The molecular weight excluding hydrogens is 461 g/mol. The molecule has 1 saturated heterocycles. The van der Waals surface area contributed by atoms with Crippen molar-refractivity contribution in [3.63, 3.8) is 0 Å². The van der Waals surface area contributed by atoms with Crippen molar-refractivity contribution in [2.24, 2.45) is 17.8 Å². The number of carbonyl (C=O) groups is 2. The summed E-state index contributed by atoms with van der Waals surface area (Å²) in [5.74, 6) is 0.742. The van der Waals surface area contributed by atoms with Crippen LogP contribution in [-0.2, 0) is 9.53 Å². The van der Waals surface area contributed by atoms with Gasteiger partial charge in [-0.1, -0.05) is 13.8 Å². The number of hydrogen-bond donors (Lipinski definition) is 1. The number of carbonyl (C=O) groups excluding carboxylic acids is 2. The molecule has 0 spiro atoms. The van der Waals surface area contributed by atoms with Gasteiger partial charge in [0.25, 0.3) is 0 Å². The molecule has 2 aromatic rings. The van der Waals surface area contributed by atoms with Gasteiger partial charge in [0.1, 0.15) is 17.2 Å². The second-order valence-electron chi connectivity index (χ2n) is 11.4. The Balaban J connectivity index is 1.29. The quantitative estimate of drug-likeness (QED) is 0.602. The molecule has 8 heteroatoms. The summed E-state index contributed by atoms with van der Waals surface area (Å²) in [6.07, 6.45) is 4.39. The SMILES string of the molecule is CC1CC(Oc2ccnc3ccc(F)cc23)CC1C(C)C(=O)NC1CCN(C(=O)OC(C)(C)C)CC1. The van der Waals surface area contributed by atoms with Gasteiger partial charge in [-0.05, 0) is 82.6 Å². The van der Waals surface area contributed by atoms with Crippen LogP contribution in [0.15, 0.2) is 30.5 Å². The average Bonchev–Trinajstić information content (AvgIpc) is 3.18. The smallest absolute Gasteiger partial charge is 0.410 e. The first kappa shape index (κ1) is 26.2. The lowest BCUT2D eigenvalue weighted by Gasteiger charge is -2.34. The molecular formula is C28H38FN3O4. The van der Waals surface area contributed by atoms with Crippen LogP contribution in [-0.4, -0.2) is 52.7 Å². The third-order valence-corrected chi connectivity index (χ3v) is 7.41. The number of pyridine rings is 1. The Labute approximate surface area is 212 Å². The topological polar surface area (TPSA) is 80.8 Å². The van der Waals surface area contributed by atoms with E-state index in [0.29, 0.717) is 35.7 Å². The van der Waals surface area contributed by atoms with Gasteiger partial charge < -0.3 is 19.7 Å². The summed E-state index contributed by atoms with van der Waals surface area (Å²) in [5.41, 5.74) is 0.180. The number of nitrogens with one attached hydrogen (secondary N) is 1. The Bertz CT molecular complexity index is 1090. The van der Waals surface area contributed by atoms with E-state index in [1.807, 2.05) is 27.7 Å². The highest BCUT2D eigenvalue weighted by Crippen LogP contribution is 2.40. The minimum absolute atomic E-state index is 0.0359. The van der Waals surface area contributed by atoms with E-state index in [4.69, 9.17) is 9.47 Å². The minimum atomic E-state index is -0.516. The second kappa shape index (κ2) is 10.6. The van der Waals surface area contributed by atoms with Gasteiger partial charge in [-0.3, -0.25) is 9.78 Å². The van der Waals surface area contributed by atoms with Crippen LogP contribution in [0.4, 0.5) is 9.18 Å². The number of fused-ring (bicyclic) bond motifs is 1. The van der Waals surface area contributed by atoms with Crippen molar-refractivity contribution in [3.05, 3.63) is 36.3 Å². The summed E-state index contributed by atoms with van der Waals surface area (Å²) in [4.78, 5) is 31.4. The molecule has 1 aliphatic heterocycles. The van der Waals surface area contributed by atoms with Crippen molar-refractivity contribution >= 4 is 22.9 Å². The van der Waals surface area contributed by atoms with E-state index in [1.54, 1.807) is 23.2 Å². The maximum absolute atomic E-state index is 13.8. The molecule has 2 fully saturated rings. The first-order valence-electron chi connectivity index (χ1n) is 13.0. The highest BCUT2D eigenvalue weighted by atomic mass is 19.1. The summed E-state index contributed by atoms with van der Waals surface area (Å²) in [6, 6.07) is 6.34. The van der Waals surface area contributed by atoms with Crippen molar-refractivity contribution < 1.29 is 23.5 Å². The number of halogens is 1. The van der Waals surface area contributed by atoms with Crippen molar-refractivity contribution in [2.45, 2.75) is 78.0 Å². The Kier molecular flexibility index (Phi) is 7.71. The molecule has 4 unspecified atom stereocenters. The van der Waals surface area contributed by atoms with Gasteiger partial charge >= 0.3 is 6.09 Å². The molecule has 1 saturated carbocycles. The van der Waals surface area contributed by atoms with E-state index in [0.717, 1.165) is 25.7 Å². The summed E-state index contributed by atoms with van der Waals surface area (Å²) < 4.78 is 25.6. The third-order valence-electron chi connectivity index (χ3n) is 7.41. The molecule has 196 valence electrons. The Morgan fingerprint density at radius 1 is 1.17 bits per heavy atom. The summed E-state index contributed by atoms with van der Waals surface area (Å²) in [5, 5.41) is 3.87. The van der Waals surface area contributed by atoms with Crippen LogP contribution in [0.25, 0.3) is 10.9 Å². The molecule has 1 aromatic heterocycles. The van der Waals surface area contributed by atoms with Gasteiger partial charge in [0.05, 0.1) is 11.6 Å². The number of likely N-dealkylation sites (tertiary alicyclic amines) is 1. The van der Waals surface area contributed by atoms with Crippen molar-refractivity contribution in [3.8, 4) is 5.75 Å². The molecule has 1 aromatic carbocycles. The van der Waals surface area contributed by atoms with Crippen LogP contribution in [0.2, 0.25) is 0 Å². The molecule has 2 heterocycles. The highest BCUT2D eigenvalue weighted by Gasteiger charge is 2.39. The van der Waals surface area contributed by atoms with E-state index >= 15 is 0 Å². The fourth-order valence-corrected chi connectivity index (χ4v) is 5.45. The van der Waals surface area contributed by atoms with Crippen LogP contribution in [0.1, 0.15) is 60.3 Å². The van der Waals surface area contributed by atoms with Crippen LogP contribution >= 0.6 is 0 Å². The molecule has 4 rings (SSSR count). The lowest BCUT2D eigenvalue weighted by molar-refractivity contribution is -0.127. The van der Waals surface area contributed by atoms with E-state index < -0.39 is 5.60 Å². The van der Waals surface area contributed by atoms with E-state index in [1.165, 1.54) is 12.1 Å². The minimum Gasteiger partial charge on any atom is -0.490 e. The number of ether oxygens (including phenoxy) is 2. The Morgan fingerprint density at radius 2 is 1.89 bits per heavy atom. The van der Waals surface area contributed by atoms with Gasteiger partial charge in [-0.15, -0.1) is 0 Å². The number of benzene rings is 1. The number of nitrogens with zero attached hydrogens (tertiary/aromatic N) is 2. The average molecular weight is 500 g/mol. The lowest BCUT2D eigenvalue weighted by Crippen LogP contribution is -2.49. The molecule has 1 N–H and O–H groups in total. The summed E-state index contributed by atoms with van der Waals surface area (Å²) in [6.45, 7) is 10.9. The monoisotopic (exact) mass is 499 g/mol. The molecule has 0 radical (unpaired) electrons. The normalized spacial score (nSPS) is 23.9. The van der Waals surface area contributed by atoms with Crippen molar-refractivity contribution in [1.29, 1.82) is 0 Å². The zero-order valence-electron chi connectivity index (χ0n) is 21.9. The van der Waals surface area contributed by atoms with Crippen LogP contribution in [0.5, 0.6) is 5.75 Å². The maximum atomic E-state index is 13.8. The molecule has 7 nitrogen and oxygen atoms in total. The molecule has 4 atom stereocenters. The Hall–Kier alpha value is -2.90. The van der Waals surface area contributed by atoms with E-state index in [9.17, 15) is 14.0 Å². The zero-order valence-corrected chi connectivity index (χ0v) is 21.9. The van der Waals surface area contributed by atoms with Gasteiger partial charge in [0.15, 0.2) is 0 Å². The first-order valence-corrected chi connectivity index (χ1v) is 13.0. The number of piperidine rings is 1. The van der Waals surface area contributed by atoms with E-state index in [-0.39, 0.29) is 41.8 Å². The fraction of sp³-hybridized carbons (Fsp3) is 0.607. The van der Waals surface area contributed by atoms with Crippen LogP contribution in [0.3, 0.4) is 0 Å². The summed E-state index contributed by atoms with van der Waals surface area (Å²) >= 11 is 0. The van der Waals surface area contributed by atoms with Crippen molar-refractivity contribution in [1.82, 2.24) is 15.2 Å². The third kappa shape index (κ3) is 6.26. The Morgan fingerprint density at radius 3 is 2.58 bits per heavy atom. The molecule has 0 bridgehead atoms. The number of rotatable bonds is 5. The van der Waals surface area contributed by atoms with Gasteiger partial charge in [-0.2, -0.15) is 0 Å². The first-order chi connectivity index (χ1) is 17.0. The molecule has 2 aliphatic rings. The zero-order chi connectivity index (χ0) is 26.0. The number of hydrogen-bond acceptors (Lipinski definition) is 5. The summed E-state index contributed by atoms with van der Waals surface area (Å²) in [7, 11) is 0. The molecule has 1 aliphatic carbocycles. The predicted octanol–water partition coefficient (Wildman–Crippen LogP) is 5.32. The van der Waals surface area contributed by atoms with E-state index in [2.05, 4.69) is 17.2 Å². The van der Waals surface area contributed by atoms with Gasteiger partial charge in [-0.25, -0.2) is 9.18 Å². The second-order valence-corrected chi connectivity index (χ2v) is 11.4. The van der Waals surface area contributed by atoms with Crippen LogP contribution in [0, 0.1) is 23.6 Å². The number of aromatic nitrogens is 1. The highest BCUT2D eigenvalue weighted by molar-refractivity contribution is 5.84. The number of amides is 2. The molecule has 36 heavy (non-hydrogen) atoms. The predicted molar refractivity (Wildman–Crippen MR) is 136 cm³/mol.